The highest BCUT2D eigenvalue weighted by atomic mass is 19.4. The lowest BCUT2D eigenvalue weighted by atomic mass is 10.2. The van der Waals surface area contributed by atoms with Gasteiger partial charge in [0, 0.05) is 19.6 Å². The van der Waals surface area contributed by atoms with E-state index in [-0.39, 0.29) is 30.0 Å². The van der Waals surface area contributed by atoms with Crippen molar-refractivity contribution in [3.8, 4) is 11.5 Å². The first-order chi connectivity index (χ1) is 12.4. The monoisotopic (exact) mass is 372 g/mol. The predicted molar refractivity (Wildman–Crippen MR) is 84.9 cm³/mol. The van der Waals surface area contributed by atoms with Gasteiger partial charge >= 0.3 is 6.18 Å². The molecule has 0 saturated carbocycles. The predicted octanol–water partition coefficient (Wildman–Crippen LogP) is 2.17. The smallest absolute Gasteiger partial charge is 0.422 e. The number of nitrogens with one attached hydrogen (secondary N) is 1. The zero-order chi connectivity index (χ0) is 18.6. The zero-order valence-electron chi connectivity index (χ0n) is 14.1. The molecule has 1 aliphatic heterocycles. The van der Waals surface area contributed by atoms with Crippen molar-refractivity contribution in [2.45, 2.75) is 18.8 Å². The largest absolute Gasteiger partial charge is 0.480 e. The molecule has 1 fully saturated rings. The summed E-state index contributed by atoms with van der Waals surface area (Å²) in [6.07, 6.45) is -4.42. The molecule has 7 nitrogen and oxygen atoms in total. The Bertz CT molecular complexity index is 723. The van der Waals surface area contributed by atoms with Crippen molar-refractivity contribution in [1.29, 1.82) is 0 Å². The van der Waals surface area contributed by atoms with Crippen LogP contribution in [0.2, 0.25) is 0 Å². The number of ether oxygens (including phenoxy) is 2. The van der Waals surface area contributed by atoms with E-state index in [0.717, 1.165) is 13.1 Å². The van der Waals surface area contributed by atoms with Crippen LogP contribution in [0.1, 0.15) is 17.8 Å². The maximum Gasteiger partial charge on any atom is 0.422 e. The number of halogens is 3. The summed E-state index contributed by atoms with van der Waals surface area (Å²) in [4.78, 5) is 6.43. The van der Waals surface area contributed by atoms with Crippen LogP contribution in [0.5, 0.6) is 11.5 Å². The molecule has 142 valence electrons. The number of hydrogen-bond donors (Lipinski definition) is 1. The fraction of sp³-hybridized carbons (Fsp3) is 0.500. The Morgan fingerprint density at radius 3 is 2.69 bits per heavy atom. The lowest BCUT2D eigenvalue weighted by Crippen LogP contribution is -2.44. The first-order valence-electron chi connectivity index (χ1n) is 8.07. The molecule has 1 aromatic heterocycles. The Hall–Kier alpha value is -2.33. The molecule has 1 aromatic carbocycles. The van der Waals surface area contributed by atoms with Crippen molar-refractivity contribution >= 4 is 0 Å². The van der Waals surface area contributed by atoms with Crippen LogP contribution in [0.25, 0.3) is 0 Å². The molecular formula is C16H19F3N4O3. The molecule has 0 spiro atoms. The molecule has 0 amide bonds. The summed E-state index contributed by atoms with van der Waals surface area (Å²) in [5.74, 6) is 0.957. The fourth-order valence-corrected chi connectivity index (χ4v) is 2.54. The van der Waals surface area contributed by atoms with E-state index in [4.69, 9.17) is 14.0 Å². The Morgan fingerprint density at radius 2 is 2.00 bits per heavy atom. The second-order valence-corrected chi connectivity index (χ2v) is 5.89. The van der Waals surface area contributed by atoms with Gasteiger partial charge in [-0.05, 0) is 19.2 Å². The molecule has 1 unspecified atom stereocenters. The van der Waals surface area contributed by atoms with E-state index in [1.54, 1.807) is 12.1 Å². The van der Waals surface area contributed by atoms with Gasteiger partial charge in [-0.25, -0.2) is 0 Å². The van der Waals surface area contributed by atoms with Crippen LogP contribution >= 0.6 is 0 Å². The van der Waals surface area contributed by atoms with Gasteiger partial charge in [0.2, 0.25) is 0 Å². The highest BCUT2D eigenvalue weighted by Crippen LogP contribution is 2.29. The van der Waals surface area contributed by atoms with E-state index in [2.05, 4.69) is 20.4 Å². The van der Waals surface area contributed by atoms with Crippen molar-refractivity contribution in [2.24, 2.45) is 0 Å². The van der Waals surface area contributed by atoms with Crippen LogP contribution in [-0.2, 0) is 6.61 Å². The summed E-state index contributed by atoms with van der Waals surface area (Å²) in [5, 5.41) is 7.23. The number of nitrogens with zero attached hydrogens (tertiary/aromatic N) is 3. The van der Waals surface area contributed by atoms with Crippen LogP contribution in [0.4, 0.5) is 13.2 Å². The Morgan fingerprint density at radius 1 is 1.27 bits per heavy atom. The molecule has 2 aromatic rings. The average molecular weight is 372 g/mol. The summed E-state index contributed by atoms with van der Waals surface area (Å²) < 4.78 is 52.4. The van der Waals surface area contributed by atoms with Gasteiger partial charge in [0.1, 0.15) is 0 Å². The molecule has 1 N–H and O–H groups in total. The van der Waals surface area contributed by atoms with Gasteiger partial charge in [-0.1, -0.05) is 17.3 Å². The summed E-state index contributed by atoms with van der Waals surface area (Å²) >= 11 is 0. The van der Waals surface area contributed by atoms with Gasteiger partial charge < -0.3 is 19.3 Å². The van der Waals surface area contributed by atoms with E-state index in [1.807, 2.05) is 7.05 Å². The molecule has 0 bridgehead atoms. The number of piperazine rings is 1. The summed E-state index contributed by atoms with van der Waals surface area (Å²) in [5.41, 5.74) is 0. The average Bonchev–Trinajstić information content (AvgIpc) is 3.07. The van der Waals surface area contributed by atoms with Crippen molar-refractivity contribution in [3.05, 3.63) is 36.0 Å². The number of alkyl halides is 3. The fourth-order valence-electron chi connectivity index (χ4n) is 2.54. The number of rotatable bonds is 6. The minimum atomic E-state index is -4.42. The lowest BCUT2D eigenvalue weighted by Gasteiger charge is -2.30. The third-order valence-corrected chi connectivity index (χ3v) is 3.88. The number of likely N-dealkylation sites (N-methyl/N-ethyl adjacent to an activating group) is 1. The van der Waals surface area contributed by atoms with Gasteiger partial charge in [0.25, 0.3) is 5.89 Å². The number of benzene rings is 1. The van der Waals surface area contributed by atoms with E-state index in [0.29, 0.717) is 12.4 Å². The minimum Gasteiger partial charge on any atom is -0.480 e. The van der Waals surface area contributed by atoms with E-state index < -0.39 is 12.8 Å². The lowest BCUT2D eigenvalue weighted by molar-refractivity contribution is -0.153. The normalized spacial score (nSPS) is 18.7. The van der Waals surface area contributed by atoms with Gasteiger partial charge in [0.05, 0.1) is 6.04 Å². The molecule has 1 saturated heterocycles. The highest BCUT2D eigenvalue weighted by molar-refractivity contribution is 5.39. The Balaban J connectivity index is 1.61. The molecular weight excluding hydrogens is 353 g/mol. The van der Waals surface area contributed by atoms with Gasteiger partial charge in [0.15, 0.2) is 30.5 Å². The Kier molecular flexibility index (Phi) is 5.62. The van der Waals surface area contributed by atoms with E-state index >= 15 is 0 Å². The molecule has 1 aliphatic rings. The standard InChI is InChI=1S/C16H19F3N4O3/c1-23-7-6-20-8-11(23)15-21-14(26-22-15)9-24-12-4-2-3-5-13(12)25-10-16(17,18)19/h2-5,11,20H,6-10H2,1H3. The first-order valence-corrected chi connectivity index (χ1v) is 8.07. The SMILES string of the molecule is CN1CCNCC1c1noc(COc2ccccc2OCC(F)(F)F)n1. The van der Waals surface area contributed by atoms with Crippen LogP contribution in [-0.4, -0.2) is 54.5 Å². The molecule has 0 aliphatic carbocycles. The quantitative estimate of drug-likeness (QED) is 0.833. The van der Waals surface area contributed by atoms with Crippen LogP contribution in [0.3, 0.4) is 0 Å². The van der Waals surface area contributed by atoms with Crippen LogP contribution < -0.4 is 14.8 Å². The molecule has 26 heavy (non-hydrogen) atoms. The molecule has 10 heteroatoms. The van der Waals surface area contributed by atoms with Gasteiger partial charge in [-0.3, -0.25) is 4.90 Å². The molecule has 0 radical (unpaired) electrons. The van der Waals surface area contributed by atoms with Gasteiger partial charge in [-0.2, -0.15) is 18.2 Å². The minimum absolute atomic E-state index is 0.000720. The number of hydrogen-bond acceptors (Lipinski definition) is 7. The second kappa shape index (κ2) is 7.92. The first kappa shape index (κ1) is 18.5. The zero-order valence-corrected chi connectivity index (χ0v) is 14.1. The summed E-state index contributed by atoms with van der Waals surface area (Å²) in [6, 6.07) is 6.13. The second-order valence-electron chi connectivity index (χ2n) is 5.89. The van der Waals surface area contributed by atoms with E-state index in [9.17, 15) is 13.2 Å². The van der Waals surface area contributed by atoms with Crippen molar-refractivity contribution in [1.82, 2.24) is 20.4 Å². The highest BCUT2D eigenvalue weighted by Gasteiger charge is 2.29. The third-order valence-electron chi connectivity index (χ3n) is 3.88. The van der Waals surface area contributed by atoms with Crippen LogP contribution in [0, 0.1) is 0 Å². The topological polar surface area (TPSA) is 72.7 Å². The van der Waals surface area contributed by atoms with Crippen LogP contribution in [0.15, 0.2) is 28.8 Å². The number of para-hydroxylation sites is 2. The Labute approximate surface area is 148 Å². The van der Waals surface area contributed by atoms with E-state index in [1.165, 1.54) is 12.1 Å². The van der Waals surface area contributed by atoms with Gasteiger partial charge in [-0.15, -0.1) is 0 Å². The summed E-state index contributed by atoms with van der Waals surface area (Å²) in [7, 11) is 1.98. The maximum absolute atomic E-state index is 12.3. The van der Waals surface area contributed by atoms with Crippen molar-refractivity contribution in [3.63, 3.8) is 0 Å². The molecule has 1 atom stereocenters. The van der Waals surface area contributed by atoms with Crippen molar-refractivity contribution in [2.75, 3.05) is 33.3 Å². The third kappa shape index (κ3) is 4.85. The number of aromatic nitrogens is 2. The summed E-state index contributed by atoms with van der Waals surface area (Å²) in [6.45, 7) is 1.03. The maximum atomic E-state index is 12.3. The molecule has 2 heterocycles. The molecule has 3 rings (SSSR count). The van der Waals surface area contributed by atoms with Crippen molar-refractivity contribution < 1.29 is 27.2 Å².